The van der Waals surface area contributed by atoms with E-state index in [0.29, 0.717) is 31.1 Å². The van der Waals surface area contributed by atoms with Crippen molar-refractivity contribution in [3.8, 4) is 11.4 Å². The van der Waals surface area contributed by atoms with Crippen LogP contribution in [-0.4, -0.2) is 39.7 Å². The summed E-state index contributed by atoms with van der Waals surface area (Å²) in [5.41, 5.74) is 1.39. The van der Waals surface area contributed by atoms with Crippen molar-refractivity contribution in [2.45, 2.75) is 38.8 Å². The fraction of sp³-hybridized carbons (Fsp3) is 0.333. The Morgan fingerprint density at radius 2 is 2.03 bits per heavy atom. The molecule has 1 fully saturated rings. The third kappa shape index (κ3) is 5.30. The maximum atomic E-state index is 14.6. The number of hydrogen-bond donors (Lipinski definition) is 1. The van der Waals surface area contributed by atoms with E-state index >= 15 is 0 Å². The summed E-state index contributed by atoms with van der Waals surface area (Å²) in [6.07, 6.45) is 5.80. The minimum atomic E-state index is -0.306. The first-order valence-electron chi connectivity index (χ1n) is 10.6. The van der Waals surface area contributed by atoms with Gasteiger partial charge in [0.1, 0.15) is 17.4 Å². The lowest BCUT2D eigenvalue weighted by Gasteiger charge is -2.20. The molecule has 0 spiro atoms. The van der Waals surface area contributed by atoms with Crippen molar-refractivity contribution >= 4 is 6.09 Å². The largest absolute Gasteiger partial charge is 0.415 e. The van der Waals surface area contributed by atoms with E-state index in [9.17, 15) is 9.18 Å². The number of carbonyl (C=O) groups excluding carboxylic acids is 1. The summed E-state index contributed by atoms with van der Waals surface area (Å²) in [6.45, 7) is 3.74. The van der Waals surface area contributed by atoms with Crippen LogP contribution >= 0.6 is 0 Å². The number of aryl methyl sites for hydroxylation is 1. The molecule has 1 saturated heterocycles. The van der Waals surface area contributed by atoms with Gasteiger partial charge in [0.05, 0.1) is 5.69 Å². The normalized spacial score (nSPS) is 16.7. The number of halogens is 1. The monoisotopic (exact) mass is 422 g/mol. The molecule has 1 unspecified atom stereocenters. The van der Waals surface area contributed by atoms with Crippen molar-refractivity contribution in [3.05, 3.63) is 78.1 Å². The molecule has 162 valence electrons. The van der Waals surface area contributed by atoms with Crippen LogP contribution in [0.15, 0.2) is 60.9 Å². The molecule has 1 aliphatic heterocycles. The molecule has 0 radical (unpaired) electrons. The Labute approximate surface area is 181 Å². The van der Waals surface area contributed by atoms with Crippen LogP contribution in [0, 0.1) is 12.7 Å². The van der Waals surface area contributed by atoms with Crippen LogP contribution in [0.3, 0.4) is 0 Å². The third-order valence-corrected chi connectivity index (χ3v) is 5.63. The molecule has 7 heteroatoms. The smallest absolute Gasteiger partial charge is 0.410 e. The summed E-state index contributed by atoms with van der Waals surface area (Å²) in [6, 6.07) is 14.7. The number of para-hydroxylation sites is 1. The van der Waals surface area contributed by atoms with Gasteiger partial charge in [-0.15, -0.1) is 0 Å². The van der Waals surface area contributed by atoms with E-state index in [-0.39, 0.29) is 18.0 Å². The van der Waals surface area contributed by atoms with Crippen LogP contribution in [0.2, 0.25) is 0 Å². The molecule has 4 rings (SSSR count). The molecule has 2 aromatic carbocycles. The van der Waals surface area contributed by atoms with Crippen molar-refractivity contribution in [1.29, 1.82) is 0 Å². The van der Waals surface area contributed by atoms with Gasteiger partial charge in [-0.3, -0.25) is 0 Å². The highest BCUT2D eigenvalue weighted by Crippen LogP contribution is 2.18. The maximum absolute atomic E-state index is 14.6. The zero-order chi connectivity index (χ0) is 21.6. The minimum absolute atomic E-state index is 0.268. The second-order valence-electron chi connectivity index (χ2n) is 7.81. The maximum Gasteiger partial charge on any atom is 0.415 e. The lowest BCUT2D eigenvalue weighted by Crippen LogP contribution is -2.35. The van der Waals surface area contributed by atoms with Gasteiger partial charge in [-0.2, -0.15) is 0 Å². The zero-order valence-corrected chi connectivity index (χ0v) is 17.6. The van der Waals surface area contributed by atoms with Crippen LogP contribution in [0.5, 0.6) is 5.75 Å². The van der Waals surface area contributed by atoms with E-state index in [2.05, 4.69) is 10.3 Å². The first-order chi connectivity index (χ1) is 15.1. The number of carbonyl (C=O) groups is 1. The van der Waals surface area contributed by atoms with Gasteiger partial charge < -0.3 is 19.5 Å². The number of likely N-dealkylation sites (tertiary alicyclic amines) is 1. The number of ether oxygens (including phenoxy) is 1. The van der Waals surface area contributed by atoms with Crippen molar-refractivity contribution in [2.24, 2.45) is 0 Å². The fourth-order valence-corrected chi connectivity index (χ4v) is 3.89. The Hall–Kier alpha value is -3.19. The zero-order valence-electron chi connectivity index (χ0n) is 17.6. The van der Waals surface area contributed by atoms with Gasteiger partial charge in [0.2, 0.25) is 0 Å². The van der Waals surface area contributed by atoms with Gasteiger partial charge in [0.15, 0.2) is 0 Å². The van der Waals surface area contributed by atoms with Crippen molar-refractivity contribution in [1.82, 2.24) is 19.8 Å². The van der Waals surface area contributed by atoms with Gasteiger partial charge >= 0.3 is 6.09 Å². The molecule has 31 heavy (non-hydrogen) atoms. The predicted molar refractivity (Wildman–Crippen MR) is 117 cm³/mol. The van der Waals surface area contributed by atoms with Crippen LogP contribution in [0.1, 0.15) is 30.7 Å². The number of aromatic nitrogens is 2. The first kappa shape index (κ1) is 21.1. The molecule has 1 N–H and O–H groups in total. The molecule has 0 saturated carbocycles. The topological polar surface area (TPSA) is 59.4 Å². The van der Waals surface area contributed by atoms with Crippen LogP contribution in [-0.2, 0) is 6.54 Å². The highest BCUT2D eigenvalue weighted by atomic mass is 19.1. The van der Waals surface area contributed by atoms with Gasteiger partial charge in [-0.05, 0) is 56.0 Å². The van der Waals surface area contributed by atoms with E-state index in [0.717, 1.165) is 30.7 Å². The van der Waals surface area contributed by atoms with E-state index in [4.69, 9.17) is 4.74 Å². The molecule has 0 bridgehead atoms. The van der Waals surface area contributed by atoms with E-state index < -0.39 is 0 Å². The van der Waals surface area contributed by atoms with Gasteiger partial charge in [-0.25, -0.2) is 14.2 Å². The SMILES string of the molecule is Cc1nccn1-c1ccc(CNC2CCCN(C(=O)Oc3ccccc3)CC2)cc1F. The number of nitrogens with zero attached hydrogens (tertiary/aromatic N) is 3. The van der Waals surface area contributed by atoms with Crippen molar-refractivity contribution in [3.63, 3.8) is 0 Å². The Morgan fingerprint density at radius 3 is 2.77 bits per heavy atom. The minimum Gasteiger partial charge on any atom is -0.410 e. The summed E-state index contributed by atoms with van der Waals surface area (Å²) < 4.78 is 21.8. The van der Waals surface area contributed by atoms with Crippen LogP contribution in [0.25, 0.3) is 5.69 Å². The predicted octanol–water partition coefficient (Wildman–Crippen LogP) is 4.46. The molecule has 6 nitrogen and oxygen atoms in total. The summed E-state index contributed by atoms with van der Waals surface area (Å²) in [7, 11) is 0. The lowest BCUT2D eigenvalue weighted by atomic mass is 10.1. The third-order valence-electron chi connectivity index (χ3n) is 5.63. The average molecular weight is 423 g/mol. The quantitative estimate of drug-likeness (QED) is 0.659. The van der Waals surface area contributed by atoms with Gasteiger partial charge in [0.25, 0.3) is 0 Å². The Kier molecular flexibility index (Phi) is 6.62. The summed E-state index contributed by atoms with van der Waals surface area (Å²) in [4.78, 5) is 18.3. The number of nitrogens with one attached hydrogen (secondary N) is 1. The molecule has 1 atom stereocenters. The van der Waals surface area contributed by atoms with E-state index in [1.807, 2.05) is 31.2 Å². The number of hydrogen-bond acceptors (Lipinski definition) is 4. The van der Waals surface area contributed by atoms with Gasteiger partial charge in [0, 0.05) is 38.1 Å². The number of imidazole rings is 1. The molecular formula is C24H27FN4O2. The second-order valence-corrected chi connectivity index (χ2v) is 7.81. The Morgan fingerprint density at radius 1 is 1.19 bits per heavy atom. The van der Waals surface area contributed by atoms with Crippen molar-refractivity contribution < 1.29 is 13.9 Å². The molecule has 1 amide bonds. The van der Waals surface area contributed by atoms with Gasteiger partial charge in [-0.1, -0.05) is 24.3 Å². The molecule has 1 aliphatic rings. The van der Waals surface area contributed by atoms with Crippen LogP contribution < -0.4 is 10.1 Å². The molecule has 0 aliphatic carbocycles. The summed E-state index contributed by atoms with van der Waals surface area (Å²) >= 11 is 0. The number of rotatable bonds is 5. The number of amides is 1. The second kappa shape index (κ2) is 9.75. The first-order valence-corrected chi connectivity index (χ1v) is 10.6. The standard InChI is InChI=1S/C24H27FN4O2/c1-18-26-12-15-29(18)23-10-9-19(16-22(23)25)17-27-20-6-5-13-28(14-11-20)24(30)31-21-7-3-2-4-8-21/h2-4,7-10,12,15-16,20,27H,5-6,11,13-14,17H2,1H3. The molecule has 1 aromatic heterocycles. The van der Waals surface area contributed by atoms with E-state index in [1.165, 1.54) is 0 Å². The Balaban J connectivity index is 1.29. The molecule has 3 aromatic rings. The highest BCUT2D eigenvalue weighted by molar-refractivity contribution is 5.70. The Bertz CT molecular complexity index is 1020. The average Bonchev–Trinajstić information content (AvgIpc) is 3.05. The van der Waals surface area contributed by atoms with Crippen LogP contribution in [0.4, 0.5) is 9.18 Å². The fourth-order valence-electron chi connectivity index (χ4n) is 3.89. The number of benzene rings is 2. The lowest BCUT2D eigenvalue weighted by molar-refractivity contribution is 0.153. The molecular weight excluding hydrogens is 395 g/mol. The summed E-state index contributed by atoms with van der Waals surface area (Å²) in [5.74, 6) is 1.04. The van der Waals surface area contributed by atoms with Crippen molar-refractivity contribution in [2.75, 3.05) is 13.1 Å². The van der Waals surface area contributed by atoms with E-state index in [1.54, 1.807) is 46.1 Å². The molecule has 2 heterocycles. The summed E-state index contributed by atoms with van der Waals surface area (Å²) in [5, 5.41) is 3.52. The highest BCUT2D eigenvalue weighted by Gasteiger charge is 2.22.